The van der Waals surface area contributed by atoms with Crippen molar-refractivity contribution in [3.8, 4) is 11.3 Å². The average Bonchev–Trinajstić information content (AvgIpc) is 2.88. The van der Waals surface area contributed by atoms with Crippen LogP contribution in [0.4, 0.5) is 10.2 Å². The Balaban J connectivity index is 2.13. The molecular weight excluding hydrogens is 281 g/mol. The fourth-order valence-corrected chi connectivity index (χ4v) is 2.50. The summed E-state index contributed by atoms with van der Waals surface area (Å²) in [5.41, 5.74) is 3.63. The molecule has 0 aliphatic heterocycles. The number of anilines is 1. The van der Waals surface area contributed by atoms with Gasteiger partial charge in [-0.1, -0.05) is 6.07 Å². The standard InChI is InChI=1S/C17H18FN3O/c1-12-4-3-5-15-20-16(13-6-8-14(18)9-7-13)17(21(12)15)19-10-11-22-2/h3-9,19H,10-11H2,1-2H3. The first-order valence-electron chi connectivity index (χ1n) is 7.17. The number of hydrogen-bond acceptors (Lipinski definition) is 3. The molecule has 3 aromatic rings. The number of hydrogen-bond donors (Lipinski definition) is 1. The van der Waals surface area contributed by atoms with Crippen LogP contribution in [-0.2, 0) is 4.74 Å². The van der Waals surface area contributed by atoms with Crippen LogP contribution in [0.25, 0.3) is 16.9 Å². The lowest BCUT2D eigenvalue weighted by atomic mass is 10.1. The zero-order valence-electron chi connectivity index (χ0n) is 12.6. The van der Waals surface area contributed by atoms with Crippen LogP contribution in [-0.4, -0.2) is 29.6 Å². The molecule has 0 saturated heterocycles. The van der Waals surface area contributed by atoms with E-state index >= 15 is 0 Å². The molecule has 2 aromatic heterocycles. The van der Waals surface area contributed by atoms with Crippen molar-refractivity contribution < 1.29 is 9.13 Å². The van der Waals surface area contributed by atoms with Gasteiger partial charge in [-0.05, 0) is 43.3 Å². The van der Waals surface area contributed by atoms with E-state index in [0.717, 1.165) is 28.4 Å². The van der Waals surface area contributed by atoms with Crippen molar-refractivity contribution in [1.82, 2.24) is 9.38 Å². The SMILES string of the molecule is COCCNc1c(-c2ccc(F)cc2)nc2cccc(C)n12. The molecule has 0 aliphatic rings. The molecule has 0 amide bonds. The van der Waals surface area contributed by atoms with Crippen LogP contribution in [0.3, 0.4) is 0 Å². The summed E-state index contributed by atoms with van der Waals surface area (Å²) in [6, 6.07) is 12.4. The van der Waals surface area contributed by atoms with E-state index < -0.39 is 0 Å². The topological polar surface area (TPSA) is 38.6 Å². The van der Waals surface area contributed by atoms with E-state index in [-0.39, 0.29) is 5.82 Å². The van der Waals surface area contributed by atoms with Crippen LogP contribution in [0, 0.1) is 12.7 Å². The van der Waals surface area contributed by atoms with Crippen molar-refractivity contribution in [2.75, 3.05) is 25.6 Å². The number of benzene rings is 1. The van der Waals surface area contributed by atoms with Gasteiger partial charge < -0.3 is 10.1 Å². The highest BCUT2D eigenvalue weighted by molar-refractivity contribution is 5.76. The summed E-state index contributed by atoms with van der Waals surface area (Å²) in [5.74, 6) is 0.648. The van der Waals surface area contributed by atoms with E-state index in [1.54, 1.807) is 19.2 Å². The third-order valence-electron chi connectivity index (χ3n) is 3.56. The predicted molar refractivity (Wildman–Crippen MR) is 85.7 cm³/mol. The summed E-state index contributed by atoms with van der Waals surface area (Å²) in [6.45, 7) is 3.30. The molecule has 1 N–H and O–H groups in total. The first kappa shape index (κ1) is 14.5. The third-order valence-corrected chi connectivity index (χ3v) is 3.56. The summed E-state index contributed by atoms with van der Waals surface area (Å²) < 4.78 is 20.3. The Labute approximate surface area is 128 Å². The predicted octanol–water partition coefficient (Wildman–Crippen LogP) is 3.51. The zero-order valence-corrected chi connectivity index (χ0v) is 12.6. The van der Waals surface area contributed by atoms with Gasteiger partial charge in [-0.15, -0.1) is 0 Å². The Kier molecular flexibility index (Phi) is 4.06. The van der Waals surface area contributed by atoms with E-state index in [2.05, 4.69) is 14.7 Å². The molecule has 0 aliphatic carbocycles. The highest BCUT2D eigenvalue weighted by atomic mass is 19.1. The van der Waals surface area contributed by atoms with Crippen molar-refractivity contribution in [1.29, 1.82) is 0 Å². The summed E-state index contributed by atoms with van der Waals surface area (Å²) in [6.07, 6.45) is 0. The minimum atomic E-state index is -0.252. The van der Waals surface area contributed by atoms with Gasteiger partial charge in [-0.2, -0.15) is 0 Å². The van der Waals surface area contributed by atoms with Gasteiger partial charge in [0.05, 0.1) is 6.61 Å². The largest absolute Gasteiger partial charge is 0.383 e. The van der Waals surface area contributed by atoms with E-state index in [0.29, 0.717) is 13.2 Å². The number of halogens is 1. The van der Waals surface area contributed by atoms with Gasteiger partial charge in [-0.25, -0.2) is 9.37 Å². The van der Waals surface area contributed by atoms with E-state index in [9.17, 15) is 4.39 Å². The second-order valence-corrected chi connectivity index (χ2v) is 5.10. The maximum atomic E-state index is 13.2. The molecule has 4 nitrogen and oxygen atoms in total. The molecular formula is C17H18FN3O. The van der Waals surface area contributed by atoms with Gasteiger partial charge in [-0.3, -0.25) is 4.40 Å². The van der Waals surface area contributed by atoms with Crippen molar-refractivity contribution >= 4 is 11.5 Å². The molecule has 0 spiro atoms. The van der Waals surface area contributed by atoms with Gasteiger partial charge in [0.2, 0.25) is 0 Å². The van der Waals surface area contributed by atoms with Crippen LogP contribution in [0.15, 0.2) is 42.5 Å². The van der Waals surface area contributed by atoms with Crippen molar-refractivity contribution in [3.05, 3.63) is 54.0 Å². The molecule has 0 atom stereocenters. The maximum absolute atomic E-state index is 13.2. The van der Waals surface area contributed by atoms with Crippen LogP contribution in [0.5, 0.6) is 0 Å². The lowest BCUT2D eigenvalue weighted by Crippen LogP contribution is -2.10. The summed E-state index contributed by atoms with van der Waals surface area (Å²) in [4.78, 5) is 4.69. The Hall–Kier alpha value is -2.40. The van der Waals surface area contributed by atoms with Crippen LogP contribution >= 0.6 is 0 Å². The number of aromatic nitrogens is 2. The molecule has 0 radical (unpaired) electrons. The number of nitrogens with zero attached hydrogens (tertiary/aromatic N) is 2. The molecule has 2 heterocycles. The minimum Gasteiger partial charge on any atom is -0.383 e. The van der Waals surface area contributed by atoms with E-state index in [4.69, 9.17) is 4.74 Å². The van der Waals surface area contributed by atoms with Gasteiger partial charge in [0.15, 0.2) is 0 Å². The highest BCUT2D eigenvalue weighted by Crippen LogP contribution is 2.29. The van der Waals surface area contributed by atoms with Crippen molar-refractivity contribution in [3.63, 3.8) is 0 Å². The van der Waals surface area contributed by atoms with Crippen LogP contribution < -0.4 is 5.32 Å². The molecule has 114 valence electrons. The molecule has 22 heavy (non-hydrogen) atoms. The Morgan fingerprint density at radius 2 is 1.95 bits per heavy atom. The quantitative estimate of drug-likeness (QED) is 0.733. The summed E-state index contributed by atoms with van der Waals surface area (Å²) in [5, 5.41) is 3.37. The summed E-state index contributed by atoms with van der Waals surface area (Å²) in [7, 11) is 1.67. The Morgan fingerprint density at radius 3 is 2.68 bits per heavy atom. The monoisotopic (exact) mass is 299 g/mol. The maximum Gasteiger partial charge on any atom is 0.139 e. The molecule has 0 fully saturated rings. The number of nitrogens with one attached hydrogen (secondary N) is 1. The smallest absolute Gasteiger partial charge is 0.139 e. The number of ether oxygens (including phenoxy) is 1. The normalized spacial score (nSPS) is 11.0. The minimum absolute atomic E-state index is 0.252. The van der Waals surface area contributed by atoms with E-state index in [1.165, 1.54) is 12.1 Å². The van der Waals surface area contributed by atoms with Crippen LogP contribution in [0.2, 0.25) is 0 Å². The number of methoxy groups -OCH3 is 1. The third kappa shape index (κ3) is 2.67. The second-order valence-electron chi connectivity index (χ2n) is 5.10. The number of rotatable bonds is 5. The first-order valence-corrected chi connectivity index (χ1v) is 7.17. The first-order chi connectivity index (χ1) is 10.7. The zero-order chi connectivity index (χ0) is 15.5. The Bertz CT molecular complexity index is 780. The highest BCUT2D eigenvalue weighted by Gasteiger charge is 2.15. The van der Waals surface area contributed by atoms with Crippen molar-refractivity contribution in [2.45, 2.75) is 6.92 Å². The average molecular weight is 299 g/mol. The molecule has 5 heteroatoms. The fraction of sp³-hybridized carbons (Fsp3) is 0.235. The number of imidazole rings is 1. The molecule has 0 unspecified atom stereocenters. The van der Waals surface area contributed by atoms with Crippen molar-refractivity contribution in [2.24, 2.45) is 0 Å². The van der Waals surface area contributed by atoms with Crippen LogP contribution in [0.1, 0.15) is 5.69 Å². The van der Waals surface area contributed by atoms with Gasteiger partial charge >= 0.3 is 0 Å². The molecule has 1 aromatic carbocycles. The van der Waals surface area contributed by atoms with Gasteiger partial charge in [0.25, 0.3) is 0 Å². The molecule has 0 saturated carbocycles. The van der Waals surface area contributed by atoms with Gasteiger partial charge in [0, 0.05) is 24.9 Å². The number of fused-ring (bicyclic) bond motifs is 1. The number of aryl methyl sites for hydroxylation is 1. The molecule has 3 rings (SSSR count). The fourth-order valence-electron chi connectivity index (χ4n) is 2.50. The number of pyridine rings is 1. The van der Waals surface area contributed by atoms with E-state index in [1.807, 2.05) is 25.1 Å². The van der Waals surface area contributed by atoms with Gasteiger partial charge in [0.1, 0.15) is 23.0 Å². The Morgan fingerprint density at radius 1 is 1.18 bits per heavy atom. The lowest BCUT2D eigenvalue weighted by molar-refractivity contribution is 0.210. The molecule has 0 bridgehead atoms. The summed E-state index contributed by atoms with van der Waals surface area (Å²) >= 11 is 0. The second kappa shape index (κ2) is 6.15. The lowest BCUT2D eigenvalue weighted by Gasteiger charge is -2.10.